The molecule has 0 bridgehead atoms. The summed E-state index contributed by atoms with van der Waals surface area (Å²) >= 11 is 0. The van der Waals surface area contributed by atoms with E-state index >= 15 is 0 Å². The number of nitrogen functional groups attached to an aromatic ring is 1. The summed E-state index contributed by atoms with van der Waals surface area (Å²) in [4.78, 5) is 19.3. The Kier molecular flexibility index (Phi) is 5.08. The average Bonchev–Trinajstić information content (AvgIpc) is 3.37. The molecule has 12 heteroatoms. The SMILES string of the molecule is CCn1cc(-c2nc(Nc3cnn(C4CCOCC4)c3)nc(N)c2[N+](=O)[O-])cn1. The zero-order valence-electron chi connectivity index (χ0n) is 15.9. The predicted molar refractivity (Wildman–Crippen MR) is 105 cm³/mol. The Hall–Kier alpha value is -3.54. The van der Waals surface area contributed by atoms with E-state index in [-0.39, 0.29) is 29.2 Å². The molecule has 0 radical (unpaired) electrons. The monoisotopic (exact) mass is 399 g/mol. The van der Waals surface area contributed by atoms with Crippen LogP contribution in [0, 0.1) is 10.1 Å². The minimum atomic E-state index is -0.582. The first-order valence-electron chi connectivity index (χ1n) is 9.28. The largest absolute Gasteiger partial charge is 0.381 e. The van der Waals surface area contributed by atoms with E-state index in [1.807, 2.05) is 17.8 Å². The van der Waals surface area contributed by atoms with Gasteiger partial charge in [0.2, 0.25) is 11.8 Å². The molecule has 0 spiro atoms. The molecule has 1 aliphatic heterocycles. The zero-order valence-corrected chi connectivity index (χ0v) is 15.9. The molecule has 152 valence electrons. The summed E-state index contributed by atoms with van der Waals surface area (Å²) in [5.41, 5.74) is 6.81. The van der Waals surface area contributed by atoms with Crippen molar-refractivity contribution in [2.45, 2.75) is 32.4 Å². The number of hydrogen-bond acceptors (Lipinski definition) is 9. The van der Waals surface area contributed by atoms with Gasteiger partial charge in [0, 0.05) is 37.7 Å². The molecule has 12 nitrogen and oxygen atoms in total. The van der Waals surface area contributed by atoms with Crippen molar-refractivity contribution in [2.24, 2.45) is 0 Å². The summed E-state index contributed by atoms with van der Waals surface area (Å²) in [6, 6.07) is 0.276. The first-order chi connectivity index (χ1) is 14.0. The highest BCUT2D eigenvalue weighted by molar-refractivity contribution is 5.77. The molecular weight excluding hydrogens is 378 g/mol. The van der Waals surface area contributed by atoms with E-state index in [1.54, 1.807) is 17.1 Å². The fraction of sp³-hybridized carbons (Fsp3) is 0.412. The van der Waals surface area contributed by atoms with Crippen LogP contribution >= 0.6 is 0 Å². The van der Waals surface area contributed by atoms with Crippen LogP contribution in [0.2, 0.25) is 0 Å². The molecule has 3 N–H and O–H groups in total. The lowest BCUT2D eigenvalue weighted by molar-refractivity contribution is -0.383. The molecule has 0 atom stereocenters. The predicted octanol–water partition coefficient (Wildman–Crippen LogP) is 2.14. The Bertz CT molecular complexity index is 1020. The van der Waals surface area contributed by atoms with Crippen LogP contribution in [-0.2, 0) is 11.3 Å². The number of aromatic nitrogens is 6. The van der Waals surface area contributed by atoms with E-state index in [1.165, 1.54) is 6.20 Å². The number of aryl methyl sites for hydroxylation is 1. The van der Waals surface area contributed by atoms with E-state index in [2.05, 4.69) is 25.5 Å². The Morgan fingerprint density at radius 3 is 2.76 bits per heavy atom. The van der Waals surface area contributed by atoms with E-state index in [4.69, 9.17) is 10.5 Å². The van der Waals surface area contributed by atoms with Crippen molar-refractivity contribution in [1.82, 2.24) is 29.5 Å². The summed E-state index contributed by atoms with van der Waals surface area (Å²) in [7, 11) is 0. The highest BCUT2D eigenvalue weighted by atomic mass is 16.6. The first-order valence-corrected chi connectivity index (χ1v) is 9.28. The third-order valence-electron chi connectivity index (χ3n) is 4.75. The van der Waals surface area contributed by atoms with E-state index in [0.29, 0.717) is 31.0 Å². The summed E-state index contributed by atoms with van der Waals surface area (Å²) < 4.78 is 8.92. The fourth-order valence-corrected chi connectivity index (χ4v) is 3.25. The summed E-state index contributed by atoms with van der Waals surface area (Å²) in [6.45, 7) is 3.97. The molecule has 29 heavy (non-hydrogen) atoms. The van der Waals surface area contributed by atoms with Gasteiger partial charge in [-0.05, 0) is 19.8 Å². The van der Waals surface area contributed by atoms with Gasteiger partial charge < -0.3 is 15.8 Å². The van der Waals surface area contributed by atoms with Crippen molar-refractivity contribution in [2.75, 3.05) is 24.3 Å². The molecule has 0 saturated carbocycles. The average molecular weight is 399 g/mol. The molecule has 0 unspecified atom stereocenters. The highest BCUT2D eigenvalue weighted by Gasteiger charge is 2.25. The number of nitrogens with one attached hydrogen (secondary N) is 1. The van der Waals surface area contributed by atoms with Crippen molar-refractivity contribution in [1.29, 1.82) is 0 Å². The number of nitrogens with zero attached hydrogens (tertiary/aromatic N) is 7. The first kappa shape index (κ1) is 18.8. The van der Waals surface area contributed by atoms with Gasteiger partial charge in [-0.2, -0.15) is 15.2 Å². The second kappa shape index (κ2) is 7.83. The molecule has 1 saturated heterocycles. The Morgan fingerprint density at radius 2 is 2.07 bits per heavy atom. The van der Waals surface area contributed by atoms with Crippen LogP contribution in [0.15, 0.2) is 24.8 Å². The lowest BCUT2D eigenvalue weighted by atomic mass is 10.1. The Morgan fingerprint density at radius 1 is 1.28 bits per heavy atom. The van der Waals surface area contributed by atoms with Crippen LogP contribution in [-0.4, -0.2) is 47.7 Å². The van der Waals surface area contributed by atoms with Gasteiger partial charge in [0.25, 0.3) is 0 Å². The lowest BCUT2D eigenvalue weighted by Crippen LogP contribution is -2.19. The van der Waals surface area contributed by atoms with Gasteiger partial charge in [0.05, 0.1) is 29.0 Å². The standard InChI is InChI=1S/C17H21N9O3/c1-2-24-9-11(7-19-24)14-15(26(27)28)16(18)23-17(22-14)21-12-8-20-25(10-12)13-3-5-29-6-4-13/h7-10,13H,2-6H2,1H3,(H3,18,21,22,23). The highest BCUT2D eigenvalue weighted by Crippen LogP contribution is 2.33. The lowest BCUT2D eigenvalue weighted by Gasteiger charge is -2.22. The van der Waals surface area contributed by atoms with Crippen molar-refractivity contribution in [3.8, 4) is 11.3 Å². The van der Waals surface area contributed by atoms with Gasteiger partial charge in [0.1, 0.15) is 0 Å². The van der Waals surface area contributed by atoms with Crippen LogP contribution in [0.3, 0.4) is 0 Å². The number of anilines is 3. The van der Waals surface area contributed by atoms with Gasteiger partial charge in [-0.25, -0.2) is 4.98 Å². The smallest absolute Gasteiger partial charge is 0.337 e. The van der Waals surface area contributed by atoms with Gasteiger partial charge in [0.15, 0.2) is 5.69 Å². The number of hydrogen-bond donors (Lipinski definition) is 2. The maximum atomic E-state index is 11.5. The number of nitrogens with two attached hydrogens (primary N) is 1. The maximum Gasteiger partial charge on any atom is 0.337 e. The quantitative estimate of drug-likeness (QED) is 0.469. The van der Waals surface area contributed by atoms with Crippen molar-refractivity contribution < 1.29 is 9.66 Å². The van der Waals surface area contributed by atoms with Gasteiger partial charge in [-0.1, -0.05) is 0 Å². The number of nitro groups is 1. The molecule has 0 aromatic carbocycles. The fourth-order valence-electron chi connectivity index (χ4n) is 3.25. The third kappa shape index (κ3) is 3.87. The minimum Gasteiger partial charge on any atom is -0.381 e. The van der Waals surface area contributed by atoms with Gasteiger partial charge in [-0.3, -0.25) is 19.5 Å². The second-order valence-corrected chi connectivity index (χ2v) is 6.65. The van der Waals surface area contributed by atoms with E-state index in [9.17, 15) is 10.1 Å². The molecule has 1 aliphatic rings. The molecule has 4 rings (SSSR count). The minimum absolute atomic E-state index is 0.113. The van der Waals surface area contributed by atoms with Crippen LogP contribution in [0.25, 0.3) is 11.3 Å². The van der Waals surface area contributed by atoms with Crippen LogP contribution in [0.1, 0.15) is 25.8 Å². The Labute approximate surface area is 165 Å². The summed E-state index contributed by atoms with van der Waals surface area (Å²) in [6.07, 6.45) is 8.51. The van der Waals surface area contributed by atoms with Crippen molar-refractivity contribution in [3.63, 3.8) is 0 Å². The molecule has 4 heterocycles. The van der Waals surface area contributed by atoms with E-state index in [0.717, 1.165) is 12.8 Å². The molecule has 3 aromatic heterocycles. The molecule has 3 aromatic rings. The van der Waals surface area contributed by atoms with E-state index < -0.39 is 4.92 Å². The molecular formula is C17H21N9O3. The second-order valence-electron chi connectivity index (χ2n) is 6.65. The topological polar surface area (TPSA) is 152 Å². The summed E-state index contributed by atoms with van der Waals surface area (Å²) in [5, 5.41) is 23.1. The zero-order chi connectivity index (χ0) is 20.4. The number of rotatable bonds is 6. The van der Waals surface area contributed by atoms with Crippen LogP contribution in [0.5, 0.6) is 0 Å². The van der Waals surface area contributed by atoms with Gasteiger partial charge >= 0.3 is 5.69 Å². The number of ether oxygens (including phenoxy) is 1. The third-order valence-corrected chi connectivity index (χ3v) is 4.75. The van der Waals surface area contributed by atoms with Crippen LogP contribution < -0.4 is 11.1 Å². The Balaban J connectivity index is 1.64. The molecule has 0 aliphatic carbocycles. The van der Waals surface area contributed by atoms with Gasteiger partial charge in [-0.15, -0.1) is 0 Å². The molecule has 0 amide bonds. The normalized spacial score (nSPS) is 14.8. The van der Waals surface area contributed by atoms with Crippen LogP contribution in [0.4, 0.5) is 23.1 Å². The maximum absolute atomic E-state index is 11.5. The van der Waals surface area contributed by atoms with Crippen molar-refractivity contribution >= 4 is 23.1 Å². The summed E-state index contributed by atoms with van der Waals surface area (Å²) in [5.74, 6) is -0.0672. The van der Waals surface area contributed by atoms with Crippen molar-refractivity contribution in [3.05, 3.63) is 34.9 Å². The molecule has 1 fully saturated rings.